The zero-order valence-corrected chi connectivity index (χ0v) is 17.6. The van der Waals surface area contributed by atoms with Gasteiger partial charge in [-0.3, -0.25) is 14.9 Å². The summed E-state index contributed by atoms with van der Waals surface area (Å²) in [6.07, 6.45) is 6.04. The van der Waals surface area contributed by atoms with Gasteiger partial charge in [-0.15, -0.1) is 0 Å². The molecular weight excluding hydrogens is 402 g/mol. The van der Waals surface area contributed by atoms with E-state index in [1.165, 1.54) is 0 Å². The summed E-state index contributed by atoms with van der Waals surface area (Å²) in [4.78, 5) is 23.9. The fourth-order valence-electron chi connectivity index (χ4n) is 4.41. The first kappa shape index (κ1) is 20.4. The van der Waals surface area contributed by atoms with Crippen molar-refractivity contribution in [2.24, 2.45) is 5.92 Å². The summed E-state index contributed by atoms with van der Waals surface area (Å²) in [6.45, 7) is 4.01. The Bertz CT molecular complexity index is 1040. The molecule has 0 saturated heterocycles. The van der Waals surface area contributed by atoms with E-state index in [2.05, 4.69) is 28.9 Å². The molecule has 7 heteroatoms. The Hall–Kier alpha value is -2.86. The zero-order valence-electron chi connectivity index (χ0n) is 16.9. The van der Waals surface area contributed by atoms with Crippen LogP contribution < -0.4 is 10.6 Å². The molecule has 1 heterocycles. The summed E-state index contributed by atoms with van der Waals surface area (Å²) in [5.41, 5.74) is 3.18. The van der Waals surface area contributed by atoms with Crippen molar-refractivity contribution in [1.29, 1.82) is 0 Å². The van der Waals surface area contributed by atoms with Crippen LogP contribution in [0.1, 0.15) is 60.1 Å². The van der Waals surface area contributed by atoms with Crippen molar-refractivity contribution in [3.05, 3.63) is 80.4 Å². The number of nitro groups is 1. The zero-order chi connectivity index (χ0) is 21.4. The normalized spacial score (nSPS) is 22.6. The number of allylic oxidation sites excluding steroid dienone is 2. The van der Waals surface area contributed by atoms with Crippen LogP contribution in [0.25, 0.3) is 0 Å². The van der Waals surface area contributed by atoms with Crippen LogP contribution in [0.2, 0.25) is 5.02 Å². The van der Waals surface area contributed by atoms with E-state index < -0.39 is 4.92 Å². The van der Waals surface area contributed by atoms with Crippen LogP contribution in [0.15, 0.2) is 48.6 Å². The molecule has 4 atom stereocenters. The van der Waals surface area contributed by atoms with Crippen LogP contribution in [0, 0.1) is 16.0 Å². The van der Waals surface area contributed by atoms with E-state index in [1.54, 1.807) is 12.1 Å². The molecule has 156 valence electrons. The van der Waals surface area contributed by atoms with Gasteiger partial charge in [-0.1, -0.05) is 48.9 Å². The highest BCUT2D eigenvalue weighted by Gasteiger charge is 2.39. The summed E-state index contributed by atoms with van der Waals surface area (Å²) < 4.78 is 0. The summed E-state index contributed by atoms with van der Waals surface area (Å²) in [5, 5.41) is 18.1. The number of para-hydroxylation sites is 1. The Kier molecular flexibility index (Phi) is 5.52. The van der Waals surface area contributed by atoms with Gasteiger partial charge in [0.25, 0.3) is 11.6 Å². The molecule has 4 rings (SSSR count). The number of hydrogen-bond donors (Lipinski definition) is 2. The van der Waals surface area contributed by atoms with E-state index in [-0.39, 0.29) is 40.5 Å². The van der Waals surface area contributed by atoms with Gasteiger partial charge < -0.3 is 10.6 Å². The van der Waals surface area contributed by atoms with Crippen molar-refractivity contribution in [2.45, 2.75) is 44.7 Å². The number of anilines is 1. The monoisotopic (exact) mass is 425 g/mol. The van der Waals surface area contributed by atoms with E-state index in [1.807, 2.05) is 32.0 Å². The van der Waals surface area contributed by atoms with Crippen LogP contribution in [0.5, 0.6) is 0 Å². The third kappa shape index (κ3) is 3.56. The first-order valence-corrected chi connectivity index (χ1v) is 10.6. The molecule has 0 saturated carbocycles. The van der Waals surface area contributed by atoms with Gasteiger partial charge >= 0.3 is 0 Å². The van der Waals surface area contributed by atoms with Gasteiger partial charge in [0, 0.05) is 18.0 Å². The lowest BCUT2D eigenvalue weighted by Crippen LogP contribution is -2.35. The largest absolute Gasteiger partial charge is 0.377 e. The minimum Gasteiger partial charge on any atom is -0.377 e. The van der Waals surface area contributed by atoms with Crippen LogP contribution in [0.3, 0.4) is 0 Å². The van der Waals surface area contributed by atoms with E-state index in [0.29, 0.717) is 5.56 Å². The van der Waals surface area contributed by atoms with Crippen LogP contribution in [-0.4, -0.2) is 16.9 Å². The highest BCUT2D eigenvalue weighted by atomic mass is 35.5. The lowest BCUT2D eigenvalue weighted by atomic mass is 9.76. The molecule has 2 aliphatic rings. The number of carbonyl (C=O) groups excluding carboxylic acids is 1. The third-order valence-electron chi connectivity index (χ3n) is 6.16. The molecule has 30 heavy (non-hydrogen) atoms. The Morgan fingerprint density at radius 2 is 2.17 bits per heavy atom. The predicted molar refractivity (Wildman–Crippen MR) is 118 cm³/mol. The number of nitro benzene ring substituents is 1. The van der Waals surface area contributed by atoms with E-state index in [4.69, 9.17) is 11.6 Å². The van der Waals surface area contributed by atoms with Crippen molar-refractivity contribution < 1.29 is 9.72 Å². The van der Waals surface area contributed by atoms with Gasteiger partial charge in [0.2, 0.25) is 0 Å². The molecule has 0 bridgehead atoms. The molecule has 6 nitrogen and oxygen atoms in total. The number of rotatable bonds is 5. The maximum Gasteiger partial charge on any atom is 0.288 e. The predicted octanol–water partition coefficient (Wildman–Crippen LogP) is 5.60. The van der Waals surface area contributed by atoms with Gasteiger partial charge in [0.1, 0.15) is 5.02 Å². The SMILES string of the molecule is CCC(C)NC(=O)c1cccc2c1NC(c1ccc(Cl)c([N+](=O)[O-])c1)C1CC=CC21. The quantitative estimate of drug-likeness (QED) is 0.371. The molecule has 0 fully saturated rings. The minimum absolute atomic E-state index is 0.0748. The molecular formula is C23H24ClN3O3. The third-order valence-corrected chi connectivity index (χ3v) is 6.48. The highest BCUT2D eigenvalue weighted by Crippen LogP contribution is 2.51. The lowest BCUT2D eigenvalue weighted by Gasteiger charge is -2.38. The Labute approximate surface area is 180 Å². The number of nitrogens with one attached hydrogen (secondary N) is 2. The number of nitrogens with zero attached hydrogens (tertiary/aromatic N) is 1. The first-order valence-electron chi connectivity index (χ1n) is 10.2. The fraction of sp³-hybridized carbons (Fsp3) is 0.348. The molecule has 2 aromatic carbocycles. The molecule has 2 aromatic rings. The van der Waals surface area contributed by atoms with Gasteiger partial charge in [-0.05, 0) is 48.9 Å². The first-order chi connectivity index (χ1) is 14.4. The molecule has 1 aliphatic heterocycles. The van der Waals surface area contributed by atoms with E-state index in [9.17, 15) is 14.9 Å². The number of hydrogen-bond acceptors (Lipinski definition) is 4. The van der Waals surface area contributed by atoms with Crippen LogP contribution in [-0.2, 0) is 0 Å². The van der Waals surface area contributed by atoms with E-state index in [0.717, 1.165) is 29.7 Å². The fourth-order valence-corrected chi connectivity index (χ4v) is 4.59. The number of halogens is 1. The average molecular weight is 426 g/mol. The minimum atomic E-state index is -0.460. The van der Waals surface area contributed by atoms with E-state index >= 15 is 0 Å². The molecule has 0 radical (unpaired) electrons. The maximum atomic E-state index is 12.9. The molecule has 4 unspecified atom stereocenters. The van der Waals surface area contributed by atoms with Gasteiger partial charge in [-0.25, -0.2) is 0 Å². The number of fused-ring (bicyclic) bond motifs is 3. The second kappa shape index (κ2) is 8.11. The molecule has 1 aliphatic carbocycles. The summed E-state index contributed by atoms with van der Waals surface area (Å²) in [5.74, 6) is 0.249. The topological polar surface area (TPSA) is 84.3 Å². The van der Waals surface area contributed by atoms with Gasteiger partial charge in [0.05, 0.1) is 22.2 Å². The van der Waals surface area contributed by atoms with Crippen molar-refractivity contribution in [3.63, 3.8) is 0 Å². The molecule has 0 spiro atoms. The Balaban J connectivity index is 1.77. The molecule has 1 amide bonds. The number of benzene rings is 2. The highest BCUT2D eigenvalue weighted by molar-refractivity contribution is 6.32. The average Bonchev–Trinajstić information content (AvgIpc) is 3.23. The Morgan fingerprint density at radius 1 is 1.37 bits per heavy atom. The summed E-state index contributed by atoms with van der Waals surface area (Å²) in [6, 6.07) is 10.7. The lowest BCUT2D eigenvalue weighted by molar-refractivity contribution is -0.384. The van der Waals surface area contributed by atoms with Gasteiger partial charge in [-0.2, -0.15) is 0 Å². The second-order valence-corrected chi connectivity index (χ2v) is 8.40. The van der Waals surface area contributed by atoms with Crippen LogP contribution >= 0.6 is 11.6 Å². The number of amides is 1. The van der Waals surface area contributed by atoms with Crippen molar-refractivity contribution in [3.8, 4) is 0 Å². The Morgan fingerprint density at radius 3 is 2.90 bits per heavy atom. The number of carbonyl (C=O) groups is 1. The van der Waals surface area contributed by atoms with Crippen molar-refractivity contribution in [1.82, 2.24) is 5.32 Å². The second-order valence-electron chi connectivity index (χ2n) is 8.00. The maximum absolute atomic E-state index is 12.9. The van der Waals surface area contributed by atoms with Crippen molar-refractivity contribution in [2.75, 3.05) is 5.32 Å². The smallest absolute Gasteiger partial charge is 0.288 e. The summed E-state index contributed by atoms with van der Waals surface area (Å²) >= 11 is 6.02. The van der Waals surface area contributed by atoms with Crippen molar-refractivity contribution >= 4 is 28.9 Å². The molecule has 2 N–H and O–H groups in total. The van der Waals surface area contributed by atoms with Crippen LogP contribution in [0.4, 0.5) is 11.4 Å². The molecule has 0 aromatic heterocycles. The van der Waals surface area contributed by atoms with Gasteiger partial charge in [0.15, 0.2) is 0 Å². The standard InChI is InChI=1S/C23H24ClN3O3/c1-3-13(2)25-23(28)18-9-5-8-17-15-6-4-7-16(15)21(26-22(17)18)14-10-11-19(24)20(12-14)27(29)30/h4-6,8-13,15-16,21,26H,3,7H2,1-2H3,(H,25,28). The summed E-state index contributed by atoms with van der Waals surface area (Å²) in [7, 11) is 0.